The SMILES string of the molecule is Cc1cc(C(NN)c2cncnc2)co1. The van der Waals surface area contributed by atoms with Crippen LogP contribution in [0, 0.1) is 6.92 Å². The van der Waals surface area contributed by atoms with Crippen LogP contribution in [-0.4, -0.2) is 9.97 Å². The van der Waals surface area contributed by atoms with E-state index in [0.717, 1.165) is 16.9 Å². The summed E-state index contributed by atoms with van der Waals surface area (Å²) in [7, 11) is 0. The first-order chi connectivity index (χ1) is 7.31. The molecule has 78 valence electrons. The van der Waals surface area contributed by atoms with Crippen LogP contribution in [0.4, 0.5) is 0 Å². The van der Waals surface area contributed by atoms with Gasteiger partial charge in [0.1, 0.15) is 12.1 Å². The van der Waals surface area contributed by atoms with Crippen LogP contribution < -0.4 is 11.3 Å². The number of hydrazine groups is 1. The largest absolute Gasteiger partial charge is 0.469 e. The number of nitrogens with zero attached hydrogens (tertiary/aromatic N) is 2. The molecule has 0 spiro atoms. The predicted molar refractivity (Wildman–Crippen MR) is 54.6 cm³/mol. The first-order valence-electron chi connectivity index (χ1n) is 4.57. The Bertz CT molecular complexity index is 426. The van der Waals surface area contributed by atoms with Crippen molar-refractivity contribution in [3.05, 3.63) is 47.9 Å². The van der Waals surface area contributed by atoms with E-state index in [2.05, 4.69) is 15.4 Å². The lowest BCUT2D eigenvalue weighted by Gasteiger charge is -2.12. The molecule has 5 nitrogen and oxygen atoms in total. The number of nitrogens with one attached hydrogen (secondary N) is 1. The molecular weight excluding hydrogens is 192 g/mol. The van der Waals surface area contributed by atoms with Crippen molar-refractivity contribution in [1.82, 2.24) is 15.4 Å². The maximum atomic E-state index is 5.50. The van der Waals surface area contributed by atoms with Crippen LogP contribution in [0.1, 0.15) is 22.9 Å². The molecule has 0 aromatic carbocycles. The van der Waals surface area contributed by atoms with E-state index < -0.39 is 0 Å². The summed E-state index contributed by atoms with van der Waals surface area (Å²) in [5.74, 6) is 6.35. The van der Waals surface area contributed by atoms with Gasteiger partial charge in [-0.15, -0.1) is 0 Å². The van der Waals surface area contributed by atoms with Gasteiger partial charge in [0.25, 0.3) is 0 Å². The Labute approximate surface area is 87.3 Å². The summed E-state index contributed by atoms with van der Waals surface area (Å²) >= 11 is 0. The minimum Gasteiger partial charge on any atom is -0.469 e. The van der Waals surface area contributed by atoms with E-state index in [-0.39, 0.29) is 6.04 Å². The van der Waals surface area contributed by atoms with Crippen molar-refractivity contribution in [2.45, 2.75) is 13.0 Å². The van der Waals surface area contributed by atoms with E-state index in [9.17, 15) is 0 Å². The Morgan fingerprint density at radius 2 is 2.07 bits per heavy atom. The second kappa shape index (κ2) is 4.20. The third kappa shape index (κ3) is 2.03. The Hall–Kier alpha value is -1.72. The van der Waals surface area contributed by atoms with Gasteiger partial charge in [-0.3, -0.25) is 5.84 Å². The number of rotatable bonds is 3. The van der Waals surface area contributed by atoms with Gasteiger partial charge in [0.15, 0.2) is 0 Å². The van der Waals surface area contributed by atoms with Gasteiger partial charge < -0.3 is 4.42 Å². The molecule has 3 N–H and O–H groups in total. The maximum absolute atomic E-state index is 5.50. The van der Waals surface area contributed by atoms with Gasteiger partial charge in [0, 0.05) is 23.5 Å². The monoisotopic (exact) mass is 204 g/mol. The maximum Gasteiger partial charge on any atom is 0.115 e. The summed E-state index contributed by atoms with van der Waals surface area (Å²) in [5, 5.41) is 0. The molecule has 0 saturated heterocycles. The molecule has 2 rings (SSSR count). The topological polar surface area (TPSA) is 77.0 Å². The quantitative estimate of drug-likeness (QED) is 0.574. The van der Waals surface area contributed by atoms with Gasteiger partial charge in [-0.05, 0) is 13.0 Å². The Kier molecular flexibility index (Phi) is 2.75. The molecule has 0 aliphatic carbocycles. The van der Waals surface area contributed by atoms with Crippen LogP contribution in [-0.2, 0) is 0 Å². The molecule has 1 unspecified atom stereocenters. The average molecular weight is 204 g/mol. The lowest BCUT2D eigenvalue weighted by molar-refractivity contribution is 0.525. The van der Waals surface area contributed by atoms with Crippen molar-refractivity contribution in [2.75, 3.05) is 0 Å². The molecule has 15 heavy (non-hydrogen) atoms. The first kappa shape index (κ1) is 9.82. The second-order valence-electron chi connectivity index (χ2n) is 3.26. The van der Waals surface area contributed by atoms with Crippen LogP contribution in [0.15, 0.2) is 35.5 Å². The minimum atomic E-state index is -0.136. The first-order valence-corrected chi connectivity index (χ1v) is 4.57. The lowest BCUT2D eigenvalue weighted by Crippen LogP contribution is -2.28. The summed E-state index contributed by atoms with van der Waals surface area (Å²) in [6.07, 6.45) is 6.60. The minimum absolute atomic E-state index is 0.136. The third-order valence-electron chi connectivity index (χ3n) is 2.16. The molecule has 5 heteroatoms. The molecule has 0 aliphatic heterocycles. The number of nitrogens with two attached hydrogens (primary N) is 1. The van der Waals surface area contributed by atoms with Crippen molar-refractivity contribution in [3.63, 3.8) is 0 Å². The highest BCUT2D eigenvalue weighted by atomic mass is 16.3. The zero-order valence-corrected chi connectivity index (χ0v) is 8.34. The van der Waals surface area contributed by atoms with E-state index in [4.69, 9.17) is 10.3 Å². The van der Waals surface area contributed by atoms with Gasteiger partial charge in [0.05, 0.1) is 12.3 Å². The molecule has 2 heterocycles. The van der Waals surface area contributed by atoms with Gasteiger partial charge in [0.2, 0.25) is 0 Å². The zero-order chi connectivity index (χ0) is 10.7. The highest BCUT2D eigenvalue weighted by molar-refractivity contribution is 5.26. The van der Waals surface area contributed by atoms with Crippen LogP contribution >= 0.6 is 0 Å². The molecular formula is C10H12N4O. The number of aryl methyl sites for hydroxylation is 1. The summed E-state index contributed by atoms with van der Waals surface area (Å²) < 4.78 is 5.23. The van der Waals surface area contributed by atoms with Gasteiger partial charge >= 0.3 is 0 Å². The van der Waals surface area contributed by atoms with E-state index in [1.165, 1.54) is 6.33 Å². The molecule has 1 atom stereocenters. The highest BCUT2D eigenvalue weighted by Gasteiger charge is 2.14. The van der Waals surface area contributed by atoms with Crippen LogP contribution in [0.3, 0.4) is 0 Å². The molecule has 0 radical (unpaired) electrons. The fraction of sp³-hybridized carbons (Fsp3) is 0.200. The number of aromatic nitrogens is 2. The molecule has 0 aliphatic rings. The van der Waals surface area contributed by atoms with E-state index >= 15 is 0 Å². The summed E-state index contributed by atoms with van der Waals surface area (Å²) in [5.41, 5.74) is 4.57. The number of furan rings is 1. The summed E-state index contributed by atoms with van der Waals surface area (Å²) in [6.45, 7) is 1.89. The predicted octanol–water partition coefficient (Wildman–Crippen LogP) is 0.931. The molecule has 0 fully saturated rings. The third-order valence-corrected chi connectivity index (χ3v) is 2.16. The van der Waals surface area contributed by atoms with Crippen LogP contribution in [0.25, 0.3) is 0 Å². The summed E-state index contributed by atoms with van der Waals surface area (Å²) in [4.78, 5) is 7.90. The molecule has 0 saturated carbocycles. The molecule has 0 amide bonds. The average Bonchev–Trinajstić information content (AvgIpc) is 2.68. The van der Waals surface area contributed by atoms with Gasteiger partial charge in [-0.2, -0.15) is 0 Å². The molecule has 2 aromatic heterocycles. The number of hydrogen-bond donors (Lipinski definition) is 2. The van der Waals surface area contributed by atoms with Crippen molar-refractivity contribution in [2.24, 2.45) is 5.84 Å². The smallest absolute Gasteiger partial charge is 0.115 e. The van der Waals surface area contributed by atoms with E-state index in [1.807, 2.05) is 13.0 Å². The second-order valence-corrected chi connectivity index (χ2v) is 3.26. The normalized spacial score (nSPS) is 12.7. The van der Waals surface area contributed by atoms with Crippen molar-refractivity contribution in [3.8, 4) is 0 Å². The van der Waals surface area contributed by atoms with Gasteiger partial charge in [-0.25, -0.2) is 15.4 Å². The van der Waals surface area contributed by atoms with Crippen molar-refractivity contribution in [1.29, 1.82) is 0 Å². The fourth-order valence-electron chi connectivity index (χ4n) is 1.46. The van der Waals surface area contributed by atoms with E-state index in [1.54, 1.807) is 18.7 Å². The van der Waals surface area contributed by atoms with Crippen LogP contribution in [0.2, 0.25) is 0 Å². The summed E-state index contributed by atoms with van der Waals surface area (Å²) in [6, 6.07) is 1.79. The lowest BCUT2D eigenvalue weighted by atomic mass is 10.1. The fourth-order valence-corrected chi connectivity index (χ4v) is 1.46. The molecule has 2 aromatic rings. The highest BCUT2D eigenvalue weighted by Crippen LogP contribution is 2.21. The van der Waals surface area contributed by atoms with Crippen molar-refractivity contribution < 1.29 is 4.42 Å². The molecule has 0 bridgehead atoms. The Morgan fingerprint density at radius 1 is 1.33 bits per heavy atom. The van der Waals surface area contributed by atoms with Crippen LogP contribution in [0.5, 0.6) is 0 Å². The van der Waals surface area contributed by atoms with Gasteiger partial charge in [-0.1, -0.05) is 0 Å². The van der Waals surface area contributed by atoms with Crippen molar-refractivity contribution >= 4 is 0 Å². The zero-order valence-electron chi connectivity index (χ0n) is 8.34. The Morgan fingerprint density at radius 3 is 2.60 bits per heavy atom. The standard InChI is InChI=1S/C10H12N4O/c1-7-2-8(5-15-7)10(14-11)9-3-12-6-13-4-9/h2-6,10,14H,11H2,1H3. The Balaban J connectivity index is 2.33. The van der Waals surface area contributed by atoms with E-state index in [0.29, 0.717) is 0 Å². The number of hydrogen-bond acceptors (Lipinski definition) is 5.